The summed E-state index contributed by atoms with van der Waals surface area (Å²) in [7, 11) is 0. The molecular formula is C13H16N4OS. The SMILES string of the molecule is Cc1cc2c(N3CCC(C(N)=O)CC3)ncnc2s1. The van der Waals surface area contributed by atoms with E-state index in [1.807, 2.05) is 0 Å². The van der Waals surface area contributed by atoms with Crippen LogP contribution < -0.4 is 10.6 Å². The highest BCUT2D eigenvalue weighted by Crippen LogP contribution is 2.31. The first-order chi connectivity index (χ1) is 9.15. The van der Waals surface area contributed by atoms with Gasteiger partial charge < -0.3 is 10.6 Å². The Morgan fingerprint density at radius 1 is 1.42 bits per heavy atom. The van der Waals surface area contributed by atoms with Gasteiger partial charge in [-0.1, -0.05) is 0 Å². The van der Waals surface area contributed by atoms with Crippen molar-refractivity contribution in [3.8, 4) is 0 Å². The van der Waals surface area contributed by atoms with Gasteiger partial charge in [0.2, 0.25) is 5.91 Å². The lowest BCUT2D eigenvalue weighted by Gasteiger charge is -2.31. The molecule has 0 atom stereocenters. The minimum Gasteiger partial charge on any atom is -0.369 e. The molecule has 100 valence electrons. The van der Waals surface area contributed by atoms with Gasteiger partial charge in [0.25, 0.3) is 0 Å². The van der Waals surface area contributed by atoms with E-state index in [1.54, 1.807) is 17.7 Å². The Bertz CT molecular complexity index is 616. The van der Waals surface area contributed by atoms with Gasteiger partial charge >= 0.3 is 0 Å². The summed E-state index contributed by atoms with van der Waals surface area (Å²) in [5.41, 5.74) is 5.36. The second-order valence-corrected chi connectivity index (χ2v) is 6.17. The Kier molecular flexibility index (Phi) is 3.10. The van der Waals surface area contributed by atoms with Crippen LogP contribution in [-0.2, 0) is 4.79 Å². The predicted molar refractivity (Wildman–Crippen MR) is 76.3 cm³/mol. The second kappa shape index (κ2) is 4.77. The van der Waals surface area contributed by atoms with Gasteiger partial charge in [0.05, 0.1) is 5.39 Å². The molecular weight excluding hydrogens is 260 g/mol. The molecule has 1 fully saturated rings. The summed E-state index contributed by atoms with van der Waals surface area (Å²) in [4.78, 5) is 24.4. The van der Waals surface area contributed by atoms with Crippen molar-refractivity contribution in [3.63, 3.8) is 0 Å². The molecule has 1 saturated heterocycles. The maximum Gasteiger partial charge on any atom is 0.220 e. The van der Waals surface area contributed by atoms with Crippen LogP contribution in [0.3, 0.4) is 0 Å². The Hall–Kier alpha value is -1.69. The summed E-state index contributed by atoms with van der Waals surface area (Å²) < 4.78 is 0. The molecule has 2 aromatic rings. The minimum absolute atomic E-state index is 0.0118. The molecule has 1 aliphatic rings. The van der Waals surface area contributed by atoms with Crippen LogP contribution in [0, 0.1) is 12.8 Å². The highest BCUT2D eigenvalue weighted by Gasteiger charge is 2.25. The fraction of sp³-hybridized carbons (Fsp3) is 0.462. The van der Waals surface area contributed by atoms with Gasteiger partial charge in [-0.3, -0.25) is 4.79 Å². The van der Waals surface area contributed by atoms with Crippen molar-refractivity contribution < 1.29 is 4.79 Å². The number of carbonyl (C=O) groups is 1. The molecule has 1 aliphatic heterocycles. The topological polar surface area (TPSA) is 72.1 Å². The Balaban J connectivity index is 1.87. The summed E-state index contributed by atoms with van der Waals surface area (Å²) in [5.74, 6) is 0.814. The summed E-state index contributed by atoms with van der Waals surface area (Å²) in [6.45, 7) is 3.73. The van der Waals surface area contributed by atoms with Crippen LogP contribution in [0.1, 0.15) is 17.7 Å². The van der Waals surface area contributed by atoms with Gasteiger partial charge in [0.15, 0.2) is 0 Å². The van der Waals surface area contributed by atoms with E-state index in [0.29, 0.717) is 0 Å². The van der Waals surface area contributed by atoms with E-state index in [9.17, 15) is 4.79 Å². The van der Waals surface area contributed by atoms with Crippen LogP contribution >= 0.6 is 11.3 Å². The van der Waals surface area contributed by atoms with Crippen molar-refractivity contribution in [1.29, 1.82) is 0 Å². The van der Waals surface area contributed by atoms with Gasteiger partial charge in [0.1, 0.15) is 17.0 Å². The number of aromatic nitrogens is 2. The average molecular weight is 276 g/mol. The zero-order chi connectivity index (χ0) is 13.4. The number of primary amides is 1. The maximum atomic E-state index is 11.2. The van der Waals surface area contributed by atoms with E-state index in [-0.39, 0.29) is 11.8 Å². The minimum atomic E-state index is -0.182. The first kappa shape index (κ1) is 12.3. The molecule has 2 aromatic heterocycles. The van der Waals surface area contributed by atoms with E-state index in [0.717, 1.165) is 42.0 Å². The number of carbonyl (C=O) groups excluding carboxylic acids is 1. The molecule has 0 aliphatic carbocycles. The number of piperidine rings is 1. The normalized spacial score (nSPS) is 17.0. The zero-order valence-corrected chi connectivity index (χ0v) is 11.6. The monoisotopic (exact) mass is 276 g/mol. The number of nitrogens with two attached hydrogens (primary N) is 1. The van der Waals surface area contributed by atoms with Crippen molar-refractivity contribution in [2.75, 3.05) is 18.0 Å². The summed E-state index contributed by atoms with van der Waals surface area (Å²) >= 11 is 1.68. The number of anilines is 1. The van der Waals surface area contributed by atoms with Crippen molar-refractivity contribution >= 4 is 33.3 Å². The number of aryl methyl sites for hydroxylation is 1. The molecule has 0 aromatic carbocycles. The summed E-state index contributed by atoms with van der Waals surface area (Å²) in [6.07, 6.45) is 3.24. The Morgan fingerprint density at radius 3 is 2.84 bits per heavy atom. The Morgan fingerprint density at radius 2 is 2.16 bits per heavy atom. The number of hydrogen-bond acceptors (Lipinski definition) is 5. The number of rotatable bonds is 2. The number of nitrogens with zero attached hydrogens (tertiary/aromatic N) is 3. The fourth-order valence-corrected chi connectivity index (χ4v) is 3.43. The number of thiophene rings is 1. The van der Waals surface area contributed by atoms with Gasteiger partial charge in [-0.2, -0.15) is 0 Å². The van der Waals surface area contributed by atoms with E-state index >= 15 is 0 Å². The molecule has 0 unspecified atom stereocenters. The maximum absolute atomic E-state index is 11.2. The van der Waals surface area contributed by atoms with Crippen molar-refractivity contribution in [2.24, 2.45) is 11.7 Å². The summed E-state index contributed by atoms with van der Waals surface area (Å²) in [6, 6.07) is 2.13. The third-order valence-electron chi connectivity index (χ3n) is 3.63. The molecule has 2 N–H and O–H groups in total. The highest BCUT2D eigenvalue weighted by atomic mass is 32.1. The van der Waals surface area contributed by atoms with Gasteiger partial charge in [-0.25, -0.2) is 9.97 Å². The third kappa shape index (κ3) is 2.28. The van der Waals surface area contributed by atoms with Gasteiger partial charge in [-0.05, 0) is 25.8 Å². The molecule has 0 radical (unpaired) electrons. The van der Waals surface area contributed by atoms with Gasteiger partial charge in [-0.15, -0.1) is 11.3 Å². The van der Waals surface area contributed by atoms with Crippen LogP contribution in [0.5, 0.6) is 0 Å². The lowest BCUT2D eigenvalue weighted by Crippen LogP contribution is -2.39. The number of fused-ring (bicyclic) bond motifs is 1. The molecule has 0 spiro atoms. The van der Waals surface area contributed by atoms with Crippen molar-refractivity contribution in [1.82, 2.24) is 9.97 Å². The van der Waals surface area contributed by atoms with Crippen molar-refractivity contribution in [3.05, 3.63) is 17.3 Å². The highest BCUT2D eigenvalue weighted by molar-refractivity contribution is 7.18. The Labute approximate surface area is 115 Å². The molecule has 6 heteroatoms. The molecule has 3 rings (SSSR count). The number of hydrogen-bond donors (Lipinski definition) is 1. The molecule has 1 amide bonds. The molecule has 0 saturated carbocycles. The average Bonchev–Trinajstić information content (AvgIpc) is 2.78. The molecule has 3 heterocycles. The van der Waals surface area contributed by atoms with E-state index in [2.05, 4.69) is 27.9 Å². The van der Waals surface area contributed by atoms with Crippen molar-refractivity contribution in [2.45, 2.75) is 19.8 Å². The van der Waals surface area contributed by atoms with Gasteiger partial charge in [0, 0.05) is 23.9 Å². The summed E-state index contributed by atoms with van der Waals surface area (Å²) in [5, 5.41) is 1.11. The van der Waals surface area contributed by atoms with Crippen LogP contribution in [0.4, 0.5) is 5.82 Å². The lowest BCUT2D eigenvalue weighted by atomic mass is 9.96. The van der Waals surface area contributed by atoms with Crippen LogP contribution in [0.15, 0.2) is 12.4 Å². The van der Waals surface area contributed by atoms with E-state index in [4.69, 9.17) is 5.73 Å². The largest absolute Gasteiger partial charge is 0.369 e. The molecule has 19 heavy (non-hydrogen) atoms. The van der Waals surface area contributed by atoms with E-state index < -0.39 is 0 Å². The van der Waals surface area contributed by atoms with Crippen LogP contribution in [-0.4, -0.2) is 29.0 Å². The second-order valence-electron chi connectivity index (χ2n) is 4.94. The molecule has 5 nitrogen and oxygen atoms in total. The predicted octanol–water partition coefficient (Wildman–Crippen LogP) is 1.70. The first-order valence-corrected chi connectivity index (χ1v) is 7.22. The number of amides is 1. The van der Waals surface area contributed by atoms with E-state index in [1.165, 1.54) is 4.88 Å². The smallest absolute Gasteiger partial charge is 0.220 e. The standard InChI is InChI=1S/C13H16N4OS/c1-8-6-10-12(15-7-16-13(10)19-8)17-4-2-9(3-5-17)11(14)18/h6-7,9H,2-5H2,1H3,(H2,14,18). The third-order valence-corrected chi connectivity index (χ3v) is 4.59. The van der Waals surface area contributed by atoms with Crippen LogP contribution in [0.25, 0.3) is 10.2 Å². The zero-order valence-electron chi connectivity index (χ0n) is 10.8. The fourth-order valence-electron chi connectivity index (χ4n) is 2.59. The van der Waals surface area contributed by atoms with Crippen LogP contribution in [0.2, 0.25) is 0 Å². The first-order valence-electron chi connectivity index (χ1n) is 6.40. The lowest BCUT2D eigenvalue weighted by molar-refractivity contribution is -0.122. The molecule has 0 bridgehead atoms. The quantitative estimate of drug-likeness (QED) is 0.906.